The van der Waals surface area contributed by atoms with Crippen LogP contribution in [0.2, 0.25) is 0 Å². The summed E-state index contributed by atoms with van der Waals surface area (Å²) in [6.07, 6.45) is 5.31. The van der Waals surface area contributed by atoms with Crippen molar-refractivity contribution in [3.63, 3.8) is 0 Å². The van der Waals surface area contributed by atoms with E-state index < -0.39 is 0 Å². The first-order valence-electron chi connectivity index (χ1n) is 6.64. The van der Waals surface area contributed by atoms with Gasteiger partial charge in [0.25, 0.3) is 5.91 Å². The lowest BCUT2D eigenvalue weighted by Crippen LogP contribution is -2.47. The number of rotatable bonds is 5. The van der Waals surface area contributed by atoms with Crippen LogP contribution in [0.5, 0.6) is 0 Å². The van der Waals surface area contributed by atoms with Crippen molar-refractivity contribution in [1.29, 1.82) is 0 Å². The fraction of sp³-hybridized carbons (Fsp3) is 0.571. The molecule has 7 heteroatoms. The van der Waals surface area contributed by atoms with Crippen molar-refractivity contribution in [1.82, 2.24) is 15.6 Å². The quantitative estimate of drug-likeness (QED) is 0.859. The fourth-order valence-electron chi connectivity index (χ4n) is 2.51. The van der Waals surface area contributed by atoms with Crippen LogP contribution in [-0.4, -0.2) is 44.2 Å². The van der Waals surface area contributed by atoms with Crippen LogP contribution >= 0.6 is 24.8 Å². The summed E-state index contributed by atoms with van der Waals surface area (Å²) in [6.45, 7) is 3.30. The second-order valence-corrected chi connectivity index (χ2v) is 5.10. The molecular formula is C14H23Cl2N3O2. The molecule has 2 rings (SSSR count). The van der Waals surface area contributed by atoms with Crippen LogP contribution in [0, 0.1) is 5.41 Å². The van der Waals surface area contributed by atoms with Crippen LogP contribution in [0.1, 0.15) is 23.2 Å². The lowest BCUT2D eigenvalue weighted by molar-refractivity contribution is 0.0511. The number of aromatic nitrogens is 1. The van der Waals surface area contributed by atoms with Gasteiger partial charge in [-0.25, -0.2) is 0 Å². The van der Waals surface area contributed by atoms with Gasteiger partial charge in [-0.05, 0) is 38.1 Å². The number of ether oxygens (including phenoxy) is 1. The van der Waals surface area contributed by atoms with Crippen molar-refractivity contribution in [2.75, 3.05) is 33.4 Å². The second kappa shape index (κ2) is 9.95. The summed E-state index contributed by atoms with van der Waals surface area (Å²) in [6, 6.07) is 3.45. The Bertz CT molecular complexity index is 406. The molecule has 2 N–H and O–H groups in total. The first kappa shape index (κ1) is 20.1. The van der Waals surface area contributed by atoms with Crippen molar-refractivity contribution in [3.05, 3.63) is 30.1 Å². The predicted octanol–water partition coefficient (Wildman–Crippen LogP) is 1.67. The van der Waals surface area contributed by atoms with E-state index in [4.69, 9.17) is 4.74 Å². The minimum absolute atomic E-state index is 0. The number of pyridine rings is 1. The topological polar surface area (TPSA) is 63.2 Å². The van der Waals surface area contributed by atoms with Crippen LogP contribution in [-0.2, 0) is 4.74 Å². The third kappa shape index (κ3) is 5.79. The molecular weight excluding hydrogens is 313 g/mol. The van der Waals surface area contributed by atoms with Crippen LogP contribution in [0.4, 0.5) is 0 Å². The molecule has 0 saturated carbocycles. The summed E-state index contributed by atoms with van der Waals surface area (Å²) in [5, 5.41) is 6.36. The SMILES string of the molecule is COCC1(CNC(=O)c2ccncc2)CCNCC1.Cl.Cl. The number of amides is 1. The average molecular weight is 336 g/mol. The molecule has 1 fully saturated rings. The summed E-state index contributed by atoms with van der Waals surface area (Å²) >= 11 is 0. The van der Waals surface area contributed by atoms with Gasteiger partial charge in [-0.3, -0.25) is 9.78 Å². The second-order valence-electron chi connectivity index (χ2n) is 5.10. The molecule has 1 amide bonds. The van der Waals surface area contributed by atoms with E-state index in [9.17, 15) is 4.79 Å². The van der Waals surface area contributed by atoms with Gasteiger partial charge in [-0.1, -0.05) is 0 Å². The molecule has 21 heavy (non-hydrogen) atoms. The fourth-order valence-corrected chi connectivity index (χ4v) is 2.51. The molecule has 0 atom stereocenters. The number of carbonyl (C=O) groups is 1. The highest BCUT2D eigenvalue weighted by atomic mass is 35.5. The number of nitrogens with one attached hydrogen (secondary N) is 2. The minimum atomic E-state index is -0.0450. The molecule has 1 aliphatic heterocycles. The Labute approximate surface area is 138 Å². The molecule has 120 valence electrons. The van der Waals surface area contributed by atoms with Crippen molar-refractivity contribution in [2.24, 2.45) is 5.41 Å². The van der Waals surface area contributed by atoms with Crippen LogP contribution < -0.4 is 10.6 Å². The van der Waals surface area contributed by atoms with Gasteiger partial charge in [0.2, 0.25) is 0 Å². The lowest BCUT2D eigenvalue weighted by atomic mass is 9.79. The maximum Gasteiger partial charge on any atom is 0.251 e. The molecule has 1 aromatic heterocycles. The van der Waals surface area contributed by atoms with Crippen LogP contribution in [0.15, 0.2) is 24.5 Å². The number of methoxy groups -OCH3 is 1. The smallest absolute Gasteiger partial charge is 0.251 e. The molecule has 0 spiro atoms. The molecule has 1 saturated heterocycles. The Morgan fingerprint density at radius 1 is 1.33 bits per heavy atom. The van der Waals surface area contributed by atoms with E-state index in [2.05, 4.69) is 15.6 Å². The van der Waals surface area contributed by atoms with E-state index in [0.717, 1.165) is 25.9 Å². The van der Waals surface area contributed by atoms with E-state index in [1.165, 1.54) is 0 Å². The van der Waals surface area contributed by atoms with E-state index in [-0.39, 0.29) is 36.1 Å². The highest BCUT2D eigenvalue weighted by Crippen LogP contribution is 2.28. The van der Waals surface area contributed by atoms with Gasteiger partial charge in [-0.15, -0.1) is 24.8 Å². The van der Waals surface area contributed by atoms with E-state index in [1.54, 1.807) is 31.6 Å². The van der Waals surface area contributed by atoms with Crippen LogP contribution in [0.25, 0.3) is 0 Å². The van der Waals surface area contributed by atoms with Gasteiger partial charge < -0.3 is 15.4 Å². The highest BCUT2D eigenvalue weighted by Gasteiger charge is 2.32. The Balaban J connectivity index is 0.00000200. The van der Waals surface area contributed by atoms with Gasteiger partial charge in [-0.2, -0.15) is 0 Å². The van der Waals surface area contributed by atoms with Gasteiger partial charge in [0.05, 0.1) is 6.61 Å². The van der Waals surface area contributed by atoms with Gasteiger partial charge in [0.15, 0.2) is 0 Å². The Morgan fingerprint density at radius 3 is 2.52 bits per heavy atom. The standard InChI is InChI=1S/C14H21N3O2.2ClH/c1-19-11-14(4-8-16-9-5-14)10-17-13(18)12-2-6-15-7-3-12;;/h2-3,6-7,16H,4-5,8-11H2,1H3,(H,17,18);2*1H. The molecule has 1 aromatic rings. The first-order valence-corrected chi connectivity index (χ1v) is 6.64. The number of piperidine rings is 1. The third-order valence-corrected chi connectivity index (χ3v) is 3.68. The summed E-state index contributed by atoms with van der Waals surface area (Å²) in [5.74, 6) is -0.0450. The summed E-state index contributed by atoms with van der Waals surface area (Å²) in [5.41, 5.74) is 0.708. The van der Waals surface area contributed by atoms with Gasteiger partial charge in [0.1, 0.15) is 0 Å². The Hall–Kier alpha value is -0.880. The molecule has 0 aliphatic carbocycles. The third-order valence-electron chi connectivity index (χ3n) is 3.68. The molecule has 0 bridgehead atoms. The number of hydrogen-bond donors (Lipinski definition) is 2. The number of carbonyl (C=O) groups excluding carboxylic acids is 1. The molecule has 0 radical (unpaired) electrons. The number of hydrogen-bond acceptors (Lipinski definition) is 4. The zero-order valence-corrected chi connectivity index (χ0v) is 13.8. The Kier molecular flexibility index (Phi) is 9.53. The molecule has 5 nitrogen and oxygen atoms in total. The Morgan fingerprint density at radius 2 is 1.95 bits per heavy atom. The zero-order chi connectivity index (χ0) is 13.6. The highest BCUT2D eigenvalue weighted by molar-refractivity contribution is 5.93. The van der Waals surface area contributed by atoms with Crippen molar-refractivity contribution >= 4 is 30.7 Å². The number of nitrogens with zero attached hydrogens (tertiary/aromatic N) is 1. The first-order chi connectivity index (χ1) is 9.26. The summed E-state index contributed by atoms with van der Waals surface area (Å²) in [7, 11) is 1.72. The molecule has 0 aromatic carbocycles. The van der Waals surface area contributed by atoms with Crippen LogP contribution in [0.3, 0.4) is 0 Å². The van der Waals surface area contributed by atoms with Crippen molar-refractivity contribution in [2.45, 2.75) is 12.8 Å². The van der Waals surface area contributed by atoms with Gasteiger partial charge in [0, 0.05) is 37.0 Å². The minimum Gasteiger partial charge on any atom is -0.384 e. The lowest BCUT2D eigenvalue weighted by Gasteiger charge is -2.37. The van der Waals surface area contributed by atoms with E-state index in [1.807, 2.05) is 0 Å². The largest absolute Gasteiger partial charge is 0.384 e. The maximum atomic E-state index is 12.0. The number of halogens is 2. The average Bonchev–Trinajstić information content (AvgIpc) is 2.47. The summed E-state index contributed by atoms with van der Waals surface area (Å²) in [4.78, 5) is 16.0. The van der Waals surface area contributed by atoms with E-state index >= 15 is 0 Å². The van der Waals surface area contributed by atoms with Crippen molar-refractivity contribution in [3.8, 4) is 0 Å². The predicted molar refractivity (Wildman–Crippen MR) is 87.5 cm³/mol. The normalized spacial score (nSPS) is 16.2. The maximum absolute atomic E-state index is 12.0. The summed E-state index contributed by atoms with van der Waals surface area (Å²) < 4.78 is 5.33. The van der Waals surface area contributed by atoms with E-state index in [0.29, 0.717) is 18.7 Å². The molecule has 1 aliphatic rings. The molecule has 0 unspecified atom stereocenters. The molecule has 2 heterocycles. The van der Waals surface area contributed by atoms with Gasteiger partial charge >= 0.3 is 0 Å². The monoisotopic (exact) mass is 335 g/mol. The zero-order valence-electron chi connectivity index (χ0n) is 12.1. The van der Waals surface area contributed by atoms with Crippen molar-refractivity contribution < 1.29 is 9.53 Å².